The maximum absolute atomic E-state index is 12.5. The van der Waals surface area contributed by atoms with Crippen LogP contribution in [0.25, 0.3) is 0 Å². The minimum Gasteiger partial charge on any atom is -0.397 e. The summed E-state index contributed by atoms with van der Waals surface area (Å²) in [5.41, 5.74) is 6.66. The Morgan fingerprint density at radius 2 is 1.75 bits per heavy atom. The Kier molecular flexibility index (Phi) is 4.27. The molecule has 0 aliphatic heterocycles. The van der Waals surface area contributed by atoms with Crippen molar-refractivity contribution in [3.05, 3.63) is 52.0 Å². The van der Waals surface area contributed by atoms with Crippen LogP contribution in [0.3, 0.4) is 0 Å². The van der Waals surface area contributed by atoms with E-state index in [-0.39, 0.29) is 4.90 Å². The van der Waals surface area contributed by atoms with Gasteiger partial charge < -0.3 is 5.73 Å². The van der Waals surface area contributed by atoms with Crippen LogP contribution in [0, 0.1) is 0 Å². The number of sulfonamides is 1. The molecule has 7 heteroatoms. The molecule has 0 atom stereocenters. The van der Waals surface area contributed by atoms with Crippen molar-refractivity contribution in [3.8, 4) is 0 Å². The Bertz CT molecular complexity index is 733. The van der Waals surface area contributed by atoms with Gasteiger partial charge in [0.05, 0.1) is 16.3 Å². The molecule has 0 spiro atoms. The molecule has 2 N–H and O–H groups in total. The highest BCUT2D eigenvalue weighted by molar-refractivity contribution is 9.10. The lowest BCUT2D eigenvalue weighted by molar-refractivity contribution is 0.594. The third kappa shape index (κ3) is 2.92. The predicted molar refractivity (Wildman–Crippen MR) is 85.6 cm³/mol. The van der Waals surface area contributed by atoms with Gasteiger partial charge >= 0.3 is 0 Å². The molecule has 0 saturated carbocycles. The van der Waals surface area contributed by atoms with E-state index in [1.165, 1.54) is 31.3 Å². The van der Waals surface area contributed by atoms with Crippen LogP contribution in [-0.4, -0.2) is 15.5 Å². The molecule has 0 aliphatic carbocycles. The van der Waals surface area contributed by atoms with Crippen LogP contribution < -0.4 is 10.0 Å². The summed E-state index contributed by atoms with van der Waals surface area (Å²) >= 11 is 9.05. The number of hydrogen-bond donors (Lipinski definition) is 1. The lowest BCUT2D eigenvalue weighted by atomic mass is 10.3. The van der Waals surface area contributed by atoms with Crippen molar-refractivity contribution in [1.82, 2.24) is 0 Å². The molecule has 0 saturated heterocycles. The monoisotopic (exact) mass is 374 g/mol. The van der Waals surface area contributed by atoms with E-state index in [1.54, 1.807) is 18.2 Å². The average molecular weight is 376 g/mol. The van der Waals surface area contributed by atoms with Crippen LogP contribution in [-0.2, 0) is 10.0 Å². The van der Waals surface area contributed by atoms with Gasteiger partial charge in [0, 0.05) is 16.5 Å². The first kappa shape index (κ1) is 15.2. The summed E-state index contributed by atoms with van der Waals surface area (Å²) in [6.07, 6.45) is 0. The van der Waals surface area contributed by atoms with Gasteiger partial charge in [0.15, 0.2) is 0 Å². The van der Waals surface area contributed by atoms with Crippen molar-refractivity contribution >= 4 is 48.9 Å². The van der Waals surface area contributed by atoms with Crippen LogP contribution in [0.2, 0.25) is 5.02 Å². The first-order valence-corrected chi connectivity index (χ1v) is 8.23. The standard InChI is InChI=1S/C13H12BrClN2O2S/c1-17(13-7-2-9(14)8-12(13)16)20(18,19)11-5-3-10(15)4-6-11/h2-8H,16H2,1H3. The van der Waals surface area contributed by atoms with Gasteiger partial charge in [-0.15, -0.1) is 0 Å². The van der Waals surface area contributed by atoms with Crippen molar-refractivity contribution in [1.29, 1.82) is 0 Å². The fourth-order valence-corrected chi connectivity index (χ4v) is 3.43. The largest absolute Gasteiger partial charge is 0.397 e. The van der Waals surface area contributed by atoms with Gasteiger partial charge in [-0.25, -0.2) is 8.42 Å². The van der Waals surface area contributed by atoms with Crippen molar-refractivity contribution in [2.75, 3.05) is 17.1 Å². The number of rotatable bonds is 3. The third-order valence-corrected chi connectivity index (χ3v) is 5.33. The Morgan fingerprint density at radius 3 is 2.30 bits per heavy atom. The van der Waals surface area contributed by atoms with Crippen LogP contribution in [0.4, 0.5) is 11.4 Å². The Labute approximate surface area is 131 Å². The van der Waals surface area contributed by atoms with Gasteiger partial charge in [-0.05, 0) is 42.5 Å². The highest BCUT2D eigenvalue weighted by Gasteiger charge is 2.22. The molecular weight excluding hydrogens is 364 g/mol. The van der Waals surface area contributed by atoms with E-state index in [4.69, 9.17) is 17.3 Å². The van der Waals surface area contributed by atoms with Crippen LogP contribution in [0.5, 0.6) is 0 Å². The Morgan fingerprint density at radius 1 is 1.15 bits per heavy atom. The SMILES string of the molecule is CN(c1ccc(Br)cc1N)S(=O)(=O)c1ccc(Cl)cc1. The smallest absolute Gasteiger partial charge is 0.264 e. The molecule has 4 nitrogen and oxygen atoms in total. The Hall–Kier alpha value is -1.24. The second-order valence-electron chi connectivity index (χ2n) is 4.13. The molecule has 0 radical (unpaired) electrons. The number of nitrogens with zero attached hydrogens (tertiary/aromatic N) is 1. The van der Waals surface area contributed by atoms with Gasteiger partial charge in [0.25, 0.3) is 10.0 Å². The molecule has 0 aromatic heterocycles. The second-order valence-corrected chi connectivity index (χ2v) is 7.45. The molecule has 0 aliphatic rings. The van der Waals surface area contributed by atoms with E-state index in [9.17, 15) is 8.42 Å². The number of benzene rings is 2. The highest BCUT2D eigenvalue weighted by Crippen LogP contribution is 2.30. The van der Waals surface area contributed by atoms with E-state index < -0.39 is 10.0 Å². The zero-order chi connectivity index (χ0) is 14.9. The fourth-order valence-electron chi connectivity index (χ4n) is 1.71. The van der Waals surface area contributed by atoms with E-state index in [0.717, 1.165) is 8.78 Å². The summed E-state index contributed by atoms with van der Waals surface area (Å²) in [7, 11) is -2.20. The first-order valence-electron chi connectivity index (χ1n) is 5.62. The number of halogens is 2. The molecule has 0 fully saturated rings. The highest BCUT2D eigenvalue weighted by atomic mass is 79.9. The molecule has 0 heterocycles. The number of nitrogen functional groups attached to an aromatic ring is 1. The van der Waals surface area contributed by atoms with Gasteiger partial charge in [-0.1, -0.05) is 27.5 Å². The van der Waals surface area contributed by atoms with Crippen molar-refractivity contribution in [3.63, 3.8) is 0 Å². The van der Waals surface area contributed by atoms with Crippen molar-refractivity contribution in [2.45, 2.75) is 4.90 Å². The van der Waals surface area contributed by atoms with Gasteiger partial charge in [0.1, 0.15) is 0 Å². The lowest BCUT2D eigenvalue weighted by Crippen LogP contribution is -2.27. The lowest BCUT2D eigenvalue weighted by Gasteiger charge is -2.21. The molecule has 0 bridgehead atoms. The minimum absolute atomic E-state index is 0.159. The topological polar surface area (TPSA) is 63.4 Å². The van der Waals surface area contributed by atoms with E-state index in [2.05, 4.69) is 15.9 Å². The summed E-state index contributed by atoms with van der Waals surface area (Å²) in [6, 6.07) is 11.0. The van der Waals surface area contributed by atoms with Crippen LogP contribution in [0.15, 0.2) is 51.8 Å². The summed E-state index contributed by atoms with van der Waals surface area (Å²) in [4.78, 5) is 0.159. The molecule has 106 valence electrons. The molecule has 0 unspecified atom stereocenters. The van der Waals surface area contributed by atoms with Crippen molar-refractivity contribution < 1.29 is 8.42 Å². The number of anilines is 2. The number of nitrogens with two attached hydrogens (primary N) is 1. The predicted octanol–water partition coefficient (Wildman–Crippen LogP) is 3.51. The van der Waals surface area contributed by atoms with E-state index in [0.29, 0.717) is 16.4 Å². The van der Waals surface area contributed by atoms with E-state index >= 15 is 0 Å². The zero-order valence-electron chi connectivity index (χ0n) is 10.5. The molecular formula is C13H12BrClN2O2S. The van der Waals surface area contributed by atoms with Crippen LogP contribution >= 0.6 is 27.5 Å². The number of hydrogen-bond acceptors (Lipinski definition) is 3. The molecule has 0 amide bonds. The van der Waals surface area contributed by atoms with Gasteiger partial charge in [-0.2, -0.15) is 0 Å². The van der Waals surface area contributed by atoms with Gasteiger partial charge in [-0.3, -0.25) is 4.31 Å². The zero-order valence-corrected chi connectivity index (χ0v) is 13.7. The summed E-state index contributed by atoms with van der Waals surface area (Å²) in [5, 5.41) is 0.481. The van der Waals surface area contributed by atoms with E-state index in [1.807, 2.05) is 0 Å². The quantitative estimate of drug-likeness (QED) is 0.835. The maximum Gasteiger partial charge on any atom is 0.264 e. The first-order chi connectivity index (χ1) is 9.32. The second kappa shape index (κ2) is 5.63. The summed E-state index contributed by atoms with van der Waals surface area (Å²) in [5.74, 6) is 0. The normalized spacial score (nSPS) is 11.3. The third-order valence-electron chi connectivity index (χ3n) is 2.80. The summed E-state index contributed by atoms with van der Waals surface area (Å²) < 4.78 is 26.9. The molecule has 20 heavy (non-hydrogen) atoms. The average Bonchev–Trinajstić information content (AvgIpc) is 2.38. The van der Waals surface area contributed by atoms with Gasteiger partial charge in [0.2, 0.25) is 0 Å². The van der Waals surface area contributed by atoms with Crippen LogP contribution in [0.1, 0.15) is 0 Å². The molecule has 2 rings (SSSR count). The fraction of sp³-hybridized carbons (Fsp3) is 0.0769. The molecule has 2 aromatic rings. The minimum atomic E-state index is -3.66. The van der Waals surface area contributed by atoms with Crippen molar-refractivity contribution in [2.24, 2.45) is 0 Å². The maximum atomic E-state index is 12.5. The Balaban J connectivity index is 2.45. The molecule has 2 aromatic carbocycles. The summed E-state index contributed by atoms with van der Waals surface area (Å²) in [6.45, 7) is 0.